The van der Waals surface area contributed by atoms with Gasteiger partial charge in [0.15, 0.2) is 0 Å². The number of anilines is 1. The zero-order chi connectivity index (χ0) is 14.4. The Morgan fingerprint density at radius 2 is 2.25 bits per heavy atom. The molecule has 1 aromatic rings. The summed E-state index contributed by atoms with van der Waals surface area (Å²) in [6, 6.07) is 5.51. The second-order valence-corrected chi connectivity index (χ2v) is 5.28. The van der Waals surface area contributed by atoms with Gasteiger partial charge < -0.3 is 15.0 Å². The van der Waals surface area contributed by atoms with E-state index in [2.05, 4.69) is 24.1 Å². The second-order valence-electron chi connectivity index (χ2n) is 5.28. The van der Waals surface area contributed by atoms with Crippen LogP contribution in [0.2, 0.25) is 0 Å². The number of halogens is 1. The summed E-state index contributed by atoms with van der Waals surface area (Å²) in [7, 11) is 0. The van der Waals surface area contributed by atoms with E-state index in [1.807, 2.05) is 6.07 Å². The van der Waals surface area contributed by atoms with Gasteiger partial charge in [0.1, 0.15) is 5.82 Å². The van der Waals surface area contributed by atoms with Gasteiger partial charge in [-0.1, -0.05) is 13.8 Å². The number of rotatable bonds is 6. The Labute approximate surface area is 121 Å². The molecule has 2 rings (SSSR count). The highest BCUT2D eigenvalue weighted by atomic mass is 19.1. The summed E-state index contributed by atoms with van der Waals surface area (Å²) < 4.78 is 19.1. The Hall–Kier alpha value is -1.13. The molecule has 0 bridgehead atoms. The highest BCUT2D eigenvalue weighted by Crippen LogP contribution is 2.26. The maximum Gasteiger partial charge on any atom is 0.123 e. The Bertz CT molecular complexity index is 425. The van der Waals surface area contributed by atoms with Gasteiger partial charge in [0.25, 0.3) is 0 Å². The molecule has 1 atom stereocenters. The van der Waals surface area contributed by atoms with Gasteiger partial charge in [0, 0.05) is 18.8 Å². The fourth-order valence-electron chi connectivity index (χ4n) is 2.69. The highest BCUT2D eigenvalue weighted by Gasteiger charge is 2.23. The largest absolute Gasteiger partial charge is 0.377 e. The first-order valence-corrected chi connectivity index (χ1v) is 7.59. The van der Waals surface area contributed by atoms with Crippen LogP contribution in [0, 0.1) is 5.82 Å². The van der Waals surface area contributed by atoms with E-state index in [-0.39, 0.29) is 5.82 Å². The Balaban J connectivity index is 2.19. The summed E-state index contributed by atoms with van der Waals surface area (Å²) in [6.07, 6.45) is 2.12. The van der Waals surface area contributed by atoms with E-state index in [1.54, 1.807) is 12.1 Å². The van der Waals surface area contributed by atoms with Gasteiger partial charge in [-0.2, -0.15) is 0 Å². The van der Waals surface area contributed by atoms with Gasteiger partial charge in [-0.3, -0.25) is 0 Å². The number of nitrogens with zero attached hydrogens (tertiary/aromatic N) is 1. The Kier molecular flexibility index (Phi) is 5.80. The van der Waals surface area contributed by atoms with E-state index in [0.29, 0.717) is 12.6 Å². The predicted molar refractivity (Wildman–Crippen MR) is 80.6 cm³/mol. The summed E-state index contributed by atoms with van der Waals surface area (Å²) in [6.45, 7) is 8.36. The molecule has 1 aliphatic heterocycles. The molecule has 1 N–H and O–H groups in total. The van der Waals surface area contributed by atoms with Gasteiger partial charge in [-0.15, -0.1) is 0 Å². The first-order valence-electron chi connectivity index (χ1n) is 7.59. The first-order chi connectivity index (χ1) is 9.76. The van der Waals surface area contributed by atoms with Crippen LogP contribution < -0.4 is 10.2 Å². The smallest absolute Gasteiger partial charge is 0.123 e. The van der Waals surface area contributed by atoms with Gasteiger partial charge >= 0.3 is 0 Å². The van der Waals surface area contributed by atoms with Crippen molar-refractivity contribution in [1.29, 1.82) is 0 Å². The lowest BCUT2D eigenvalue weighted by Gasteiger charge is -2.38. The van der Waals surface area contributed by atoms with E-state index < -0.39 is 0 Å². The molecule has 1 aliphatic rings. The molecular formula is C16H25FN2O. The van der Waals surface area contributed by atoms with Gasteiger partial charge in [-0.05, 0) is 43.1 Å². The van der Waals surface area contributed by atoms with Crippen molar-refractivity contribution in [3.8, 4) is 0 Å². The van der Waals surface area contributed by atoms with Crippen molar-refractivity contribution in [2.24, 2.45) is 0 Å². The number of hydrogen-bond donors (Lipinski definition) is 1. The average Bonchev–Trinajstić information content (AvgIpc) is 2.48. The molecule has 3 nitrogen and oxygen atoms in total. The highest BCUT2D eigenvalue weighted by molar-refractivity contribution is 5.55. The maximum absolute atomic E-state index is 13.5. The number of nitrogens with one attached hydrogen (secondary N) is 1. The topological polar surface area (TPSA) is 24.5 Å². The number of hydrogen-bond acceptors (Lipinski definition) is 3. The summed E-state index contributed by atoms with van der Waals surface area (Å²) in [5.41, 5.74) is 2.18. The fraction of sp³-hybridized carbons (Fsp3) is 0.625. The summed E-state index contributed by atoms with van der Waals surface area (Å²) in [5.74, 6) is -0.164. The lowest BCUT2D eigenvalue weighted by atomic mass is 10.1. The van der Waals surface area contributed by atoms with E-state index in [0.717, 1.165) is 50.4 Å². The van der Waals surface area contributed by atoms with Crippen molar-refractivity contribution in [2.75, 3.05) is 31.2 Å². The maximum atomic E-state index is 13.5. The lowest BCUT2D eigenvalue weighted by molar-refractivity contribution is 0.0929. The van der Waals surface area contributed by atoms with Crippen LogP contribution >= 0.6 is 0 Å². The van der Waals surface area contributed by atoms with Crippen molar-refractivity contribution >= 4 is 5.69 Å². The normalized spacial score (nSPS) is 19.4. The molecule has 0 radical (unpaired) electrons. The summed E-state index contributed by atoms with van der Waals surface area (Å²) >= 11 is 0. The van der Waals surface area contributed by atoms with Gasteiger partial charge in [-0.25, -0.2) is 4.39 Å². The lowest BCUT2D eigenvalue weighted by Crippen LogP contribution is -2.45. The third-order valence-corrected chi connectivity index (χ3v) is 3.79. The zero-order valence-electron chi connectivity index (χ0n) is 12.5. The van der Waals surface area contributed by atoms with Gasteiger partial charge in [0.05, 0.1) is 19.3 Å². The zero-order valence-corrected chi connectivity index (χ0v) is 12.5. The molecule has 4 heteroatoms. The molecule has 0 aliphatic carbocycles. The third-order valence-electron chi connectivity index (χ3n) is 3.79. The molecule has 20 heavy (non-hydrogen) atoms. The van der Waals surface area contributed by atoms with Crippen LogP contribution in [0.5, 0.6) is 0 Å². The molecule has 0 saturated carbocycles. The second kappa shape index (κ2) is 7.60. The molecular weight excluding hydrogens is 255 g/mol. The predicted octanol–water partition coefficient (Wildman–Crippen LogP) is 2.94. The van der Waals surface area contributed by atoms with E-state index in [9.17, 15) is 4.39 Å². The minimum absolute atomic E-state index is 0.164. The number of ether oxygens (including phenoxy) is 1. The molecule has 1 saturated heterocycles. The van der Waals surface area contributed by atoms with Gasteiger partial charge in [0.2, 0.25) is 0 Å². The quantitative estimate of drug-likeness (QED) is 0.811. The van der Waals surface area contributed by atoms with Crippen molar-refractivity contribution < 1.29 is 9.13 Å². The molecule has 112 valence electrons. The van der Waals surface area contributed by atoms with Crippen LogP contribution in [-0.4, -0.2) is 32.3 Å². The number of morpholine rings is 1. The van der Waals surface area contributed by atoms with E-state index in [4.69, 9.17) is 4.74 Å². The average molecular weight is 280 g/mol. The molecule has 1 aromatic carbocycles. The molecule has 1 fully saturated rings. The molecule has 1 heterocycles. The van der Waals surface area contributed by atoms with Crippen LogP contribution in [0.1, 0.15) is 32.3 Å². The van der Waals surface area contributed by atoms with E-state index >= 15 is 0 Å². The van der Waals surface area contributed by atoms with E-state index in [1.165, 1.54) is 0 Å². The standard InChI is InChI=1S/C16H25FN2O/c1-3-7-18-11-13-10-14(17)5-6-16(13)19-8-9-20-12-15(19)4-2/h5-6,10,15,18H,3-4,7-9,11-12H2,1-2H3. The van der Waals surface area contributed by atoms with Crippen molar-refractivity contribution in [3.63, 3.8) is 0 Å². The van der Waals surface area contributed by atoms with Crippen LogP contribution in [0.4, 0.5) is 10.1 Å². The van der Waals surface area contributed by atoms with Crippen molar-refractivity contribution in [3.05, 3.63) is 29.6 Å². The number of benzene rings is 1. The molecule has 1 unspecified atom stereocenters. The Morgan fingerprint density at radius 3 is 3.00 bits per heavy atom. The Morgan fingerprint density at radius 1 is 1.40 bits per heavy atom. The van der Waals surface area contributed by atoms with Crippen LogP contribution in [0.15, 0.2) is 18.2 Å². The minimum Gasteiger partial charge on any atom is -0.377 e. The summed E-state index contributed by atoms with van der Waals surface area (Å²) in [5, 5.41) is 3.37. The van der Waals surface area contributed by atoms with Crippen LogP contribution in [0.25, 0.3) is 0 Å². The summed E-state index contributed by atoms with van der Waals surface area (Å²) in [4.78, 5) is 2.37. The van der Waals surface area contributed by atoms with Crippen LogP contribution in [0.3, 0.4) is 0 Å². The molecule has 0 amide bonds. The van der Waals surface area contributed by atoms with Crippen molar-refractivity contribution in [2.45, 2.75) is 39.3 Å². The minimum atomic E-state index is -0.164. The van der Waals surface area contributed by atoms with Crippen LogP contribution in [-0.2, 0) is 11.3 Å². The SMILES string of the molecule is CCCNCc1cc(F)ccc1N1CCOCC1CC. The third kappa shape index (κ3) is 3.70. The van der Waals surface area contributed by atoms with Crippen molar-refractivity contribution in [1.82, 2.24) is 5.32 Å². The molecule has 0 spiro atoms. The monoisotopic (exact) mass is 280 g/mol. The first kappa shape index (κ1) is 15.3. The molecule has 0 aromatic heterocycles. The fourth-order valence-corrected chi connectivity index (χ4v) is 2.69.